The van der Waals surface area contributed by atoms with Crippen LogP contribution in [0.5, 0.6) is 0 Å². The number of terminal acetylenes is 1. The number of hydrogen-bond acceptors (Lipinski definition) is 2. The van der Waals surface area contributed by atoms with E-state index >= 15 is 0 Å². The van der Waals surface area contributed by atoms with E-state index in [0.717, 1.165) is 11.1 Å². The standard InChI is InChI=1S/C13H12O2/c1-2-3-4-13(14)10-5-6-11-8-15-9-12(11)7-10/h1,5-7H,3-4,8-9H2. The summed E-state index contributed by atoms with van der Waals surface area (Å²) in [6, 6.07) is 5.74. The SMILES string of the molecule is C#CCCC(=O)c1ccc2c(c1)COC2. The first-order valence-corrected chi connectivity index (χ1v) is 4.97. The molecule has 76 valence electrons. The van der Waals surface area contributed by atoms with Crippen LogP contribution in [0.15, 0.2) is 18.2 Å². The summed E-state index contributed by atoms with van der Waals surface area (Å²) in [5.41, 5.74) is 3.06. The van der Waals surface area contributed by atoms with Crippen molar-refractivity contribution < 1.29 is 9.53 Å². The molecule has 0 bridgehead atoms. The van der Waals surface area contributed by atoms with Gasteiger partial charge in [-0.2, -0.15) is 0 Å². The van der Waals surface area contributed by atoms with Crippen molar-refractivity contribution in [3.8, 4) is 12.3 Å². The highest BCUT2D eigenvalue weighted by molar-refractivity contribution is 5.96. The second-order valence-corrected chi connectivity index (χ2v) is 3.60. The van der Waals surface area contributed by atoms with E-state index in [9.17, 15) is 4.79 Å². The Balaban J connectivity index is 2.16. The molecule has 0 amide bonds. The first kappa shape index (κ1) is 9.95. The Bertz CT molecular complexity index is 427. The van der Waals surface area contributed by atoms with Crippen LogP contribution in [0.25, 0.3) is 0 Å². The molecule has 1 aliphatic rings. The van der Waals surface area contributed by atoms with Gasteiger partial charge < -0.3 is 4.74 Å². The third-order valence-corrected chi connectivity index (χ3v) is 2.54. The zero-order chi connectivity index (χ0) is 10.7. The van der Waals surface area contributed by atoms with Crippen molar-refractivity contribution in [2.24, 2.45) is 0 Å². The number of hydrogen-bond donors (Lipinski definition) is 0. The molecule has 0 aliphatic carbocycles. The second kappa shape index (κ2) is 4.29. The molecular weight excluding hydrogens is 188 g/mol. The highest BCUT2D eigenvalue weighted by atomic mass is 16.5. The van der Waals surface area contributed by atoms with E-state index in [2.05, 4.69) is 5.92 Å². The maximum absolute atomic E-state index is 11.7. The minimum absolute atomic E-state index is 0.114. The van der Waals surface area contributed by atoms with E-state index in [1.807, 2.05) is 18.2 Å². The Hall–Kier alpha value is -1.59. The molecule has 2 rings (SSSR count). The minimum Gasteiger partial charge on any atom is -0.372 e. The third kappa shape index (κ3) is 2.08. The molecule has 0 radical (unpaired) electrons. The highest BCUT2D eigenvalue weighted by Gasteiger charge is 2.13. The predicted molar refractivity (Wildman–Crippen MR) is 57.3 cm³/mol. The van der Waals surface area contributed by atoms with Crippen LogP contribution in [-0.4, -0.2) is 5.78 Å². The van der Waals surface area contributed by atoms with Gasteiger partial charge >= 0.3 is 0 Å². The first-order chi connectivity index (χ1) is 7.31. The van der Waals surface area contributed by atoms with Gasteiger partial charge in [0, 0.05) is 18.4 Å². The quantitative estimate of drug-likeness (QED) is 0.553. The Morgan fingerprint density at radius 1 is 1.40 bits per heavy atom. The van der Waals surface area contributed by atoms with E-state index in [4.69, 9.17) is 11.2 Å². The van der Waals surface area contributed by atoms with Crippen LogP contribution in [0.3, 0.4) is 0 Å². The zero-order valence-corrected chi connectivity index (χ0v) is 8.45. The highest BCUT2D eigenvalue weighted by Crippen LogP contribution is 2.21. The molecule has 0 saturated heterocycles. The number of ether oxygens (including phenoxy) is 1. The Morgan fingerprint density at radius 2 is 2.20 bits per heavy atom. The molecule has 1 aromatic rings. The normalized spacial score (nSPS) is 13.3. The van der Waals surface area contributed by atoms with E-state index in [1.54, 1.807) is 0 Å². The van der Waals surface area contributed by atoms with Crippen molar-refractivity contribution in [3.63, 3.8) is 0 Å². The molecular formula is C13H12O2. The Morgan fingerprint density at radius 3 is 3.00 bits per heavy atom. The third-order valence-electron chi connectivity index (χ3n) is 2.54. The minimum atomic E-state index is 0.114. The number of carbonyl (C=O) groups excluding carboxylic acids is 1. The number of fused-ring (bicyclic) bond motifs is 1. The molecule has 2 heteroatoms. The Labute approximate surface area is 89.3 Å². The van der Waals surface area contributed by atoms with Crippen LogP contribution >= 0.6 is 0 Å². The number of benzene rings is 1. The smallest absolute Gasteiger partial charge is 0.163 e. The van der Waals surface area contributed by atoms with Crippen LogP contribution in [0, 0.1) is 12.3 Å². The number of ketones is 1. The van der Waals surface area contributed by atoms with Crippen molar-refractivity contribution in [3.05, 3.63) is 34.9 Å². The van der Waals surface area contributed by atoms with Crippen LogP contribution in [0.2, 0.25) is 0 Å². The van der Waals surface area contributed by atoms with Crippen molar-refractivity contribution in [1.82, 2.24) is 0 Å². The second-order valence-electron chi connectivity index (χ2n) is 3.60. The molecule has 15 heavy (non-hydrogen) atoms. The lowest BCUT2D eigenvalue weighted by molar-refractivity contribution is 0.0984. The summed E-state index contributed by atoms with van der Waals surface area (Å²) in [4.78, 5) is 11.7. The van der Waals surface area contributed by atoms with Gasteiger partial charge in [0.05, 0.1) is 13.2 Å². The summed E-state index contributed by atoms with van der Waals surface area (Å²) >= 11 is 0. The van der Waals surface area contributed by atoms with Crippen LogP contribution in [-0.2, 0) is 18.0 Å². The topological polar surface area (TPSA) is 26.3 Å². The van der Waals surface area contributed by atoms with Crippen molar-refractivity contribution in [1.29, 1.82) is 0 Å². The summed E-state index contributed by atoms with van der Waals surface area (Å²) in [6.45, 7) is 1.28. The molecule has 1 aromatic carbocycles. The van der Waals surface area contributed by atoms with E-state index in [1.165, 1.54) is 5.56 Å². The van der Waals surface area contributed by atoms with Gasteiger partial charge in [-0.15, -0.1) is 12.3 Å². The number of carbonyl (C=O) groups is 1. The van der Waals surface area contributed by atoms with Gasteiger partial charge in [-0.3, -0.25) is 4.79 Å². The van der Waals surface area contributed by atoms with Crippen LogP contribution in [0.1, 0.15) is 34.3 Å². The summed E-state index contributed by atoms with van der Waals surface area (Å²) in [5, 5.41) is 0. The fraction of sp³-hybridized carbons (Fsp3) is 0.308. The van der Waals surface area contributed by atoms with Gasteiger partial charge in [-0.05, 0) is 17.2 Å². The predicted octanol–water partition coefficient (Wildman–Crippen LogP) is 2.31. The molecule has 1 aliphatic heterocycles. The van der Waals surface area contributed by atoms with E-state index in [0.29, 0.717) is 26.1 Å². The number of rotatable bonds is 3. The molecule has 0 atom stereocenters. The molecule has 0 saturated carbocycles. The molecule has 2 nitrogen and oxygen atoms in total. The van der Waals surface area contributed by atoms with Gasteiger partial charge in [-0.1, -0.05) is 12.1 Å². The van der Waals surface area contributed by atoms with Gasteiger partial charge in [0.1, 0.15) is 0 Å². The zero-order valence-electron chi connectivity index (χ0n) is 8.45. The summed E-state index contributed by atoms with van der Waals surface area (Å²) < 4.78 is 5.29. The lowest BCUT2D eigenvalue weighted by atomic mass is 10.0. The lowest BCUT2D eigenvalue weighted by Gasteiger charge is -2.01. The van der Waals surface area contributed by atoms with Crippen molar-refractivity contribution >= 4 is 5.78 Å². The van der Waals surface area contributed by atoms with Gasteiger partial charge in [-0.25, -0.2) is 0 Å². The van der Waals surface area contributed by atoms with Crippen LogP contribution in [0.4, 0.5) is 0 Å². The summed E-state index contributed by atoms with van der Waals surface area (Å²) in [7, 11) is 0. The maximum Gasteiger partial charge on any atom is 0.163 e. The van der Waals surface area contributed by atoms with E-state index in [-0.39, 0.29) is 5.78 Å². The lowest BCUT2D eigenvalue weighted by Crippen LogP contribution is -1.99. The molecule has 0 aromatic heterocycles. The van der Waals surface area contributed by atoms with E-state index < -0.39 is 0 Å². The first-order valence-electron chi connectivity index (χ1n) is 4.97. The van der Waals surface area contributed by atoms with Gasteiger partial charge in [0.25, 0.3) is 0 Å². The van der Waals surface area contributed by atoms with Gasteiger partial charge in [0.15, 0.2) is 5.78 Å². The number of Topliss-reactive ketones (excluding diaryl/α,β-unsaturated/α-hetero) is 1. The fourth-order valence-electron chi connectivity index (χ4n) is 1.68. The molecule has 0 unspecified atom stereocenters. The van der Waals surface area contributed by atoms with Gasteiger partial charge in [0.2, 0.25) is 0 Å². The Kier molecular flexibility index (Phi) is 2.84. The monoisotopic (exact) mass is 200 g/mol. The molecule has 1 heterocycles. The van der Waals surface area contributed by atoms with Crippen LogP contribution < -0.4 is 0 Å². The summed E-state index contributed by atoms with van der Waals surface area (Å²) in [5.74, 6) is 2.59. The molecule has 0 fully saturated rings. The van der Waals surface area contributed by atoms with Crippen molar-refractivity contribution in [2.75, 3.05) is 0 Å². The molecule has 0 spiro atoms. The average Bonchev–Trinajstić information content (AvgIpc) is 2.72. The fourth-order valence-corrected chi connectivity index (χ4v) is 1.68. The van der Waals surface area contributed by atoms with Crippen molar-refractivity contribution in [2.45, 2.75) is 26.1 Å². The molecule has 0 N–H and O–H groups in total. The summed E-state index contributed by atoms with van der Waals surface area (Å²) in [6.07, 6.45) is 6.06. The largest absolute Gasteiger partial charge is 0.372 e. The maximum atomic E-state index is 11.7. The average molecular weight is 200 g/mol.